The molecule has 20 heavy (non-hydrogen) atoms. The minimum absolute atomic E-state index is 0.159. The Morgan fingerprint density at radius 2 is 2.10 bits per heavy atom. The molecule has 0 saturated carbocycles. The van der Waals surface area contributed by atoms with Crippen LogP contribution >= 0.6 is 11.6 Å². The maximum atomic E-state index is 12.1. The topological polar surface area (TPSA) is 57.3 Å². The average molecular weight is 299 g/mol. The van der Waals surface area contributed by atoms with Gasteiger partial charge in [-0.25, -0.2) is 4.98 Å². The summed E-state index contributed by atoms with van der Waals surface area (Å²) in [4.78, 5) is 18.4. The van der Waals surface area contributed by atoms with E-state index in [2.05, 4.69) is 34.4 Å². The van der Waals surface area contributed by atoms with Gasteiger partial charge in [-0.2, -0.15) is 0 Å². The van der Waals surface area contributed by atoms with Gasteiger partial charge in [-0.15, -0.1) is 0 Å². The largest absolute Gasteiger partial charge is 0.373 e. The third kappa shape index (κ3) is 4.98. The molecule has 0 atom stereocenters. The molecule has 5 nitrogen and oxygen atoms in total. The minimum Gasteiger partial charge on any atom is -0.373 e. The second kappa shape index (κ2) is 8.76. The van der Waals surface area contributed by atoms with Crippen LogP contribution in [0.2, 0.25) is 5.02 Å². The molecule has 1 amide bonds. The number of aromatic nitrogens is 1. The van der Waals surface area contributed by atoms with E-state index in [9.17, 15) is 4.79 Å². The average Bonchev–Trinajstić information content (AvgIpc) is 2.47. The fourth-order valence-corrected chi connectivity index (χ4v) is 2.08. The summed E-state index contributed by atoms with van der Waals surface area (Å²) in [6, 6.07) is 1.65. The summed E-state index contributed by atoms with van der Waals surface area (Å²) >= 11 is 6.00. The van der Waals surface area contributed by atoms with Gasteiger partial charge in [0, 0.05) is 19.8 Å². The highest BCUT2D eigenvalue weighted by Gasteiger charge is 2.11. The molecule has 1 aromatic rings. The first kappa shape index (κ1) is 16.7. The maximum absolute atomic E-state index is 12.1. The van der Waals surface area contributed by atoms with Crippen molar-refractivity contribution < 1.29 is 4.79 Å². The van der Waals surface area contributed by atoms with E-state index in [4.69, 9.17) is 11.6 Å². The summed E-state index contributed by atoms with van der Waals surface area (Å²) in [6.07, 6.45) is 2.41. The van der Waals surface area contributed by atoms with Crippen LogP contribution in [0.4, 0.5) is 5.82 Å². The number of anilines is 1. The van der Waals surface area contributed by atoms with Gasteiger partial charge in [-0.1, -0.05) is 25.4 Å². The number of pyridine rings is 1. The van der Waals surface area contributed by atoms with E-state index >= 15 is 0 Å². The number of hydrogen-bond acceptors (Lipinski definition) is 4. The number of nitrogens with zero attached hydrogens (tertiary/aromatic N) is 2. The van der Waals surface area contributed by atoms with Crippen LogP contribution in [0.1, 0.15) is 30.6 Å². The monoisotopic (exact) mass is 298 g/mol. The van der Waals surface area contributed by atoms with Gasteiger partial charge in [0.05, 0.1) is 10.6 Å². The molecule has 1 heterocycles. The van der Waals surface area contributed by atoms with Crippen LogP contribution < -0.4 is 10.6 Å². The van der Waals surface area contributed by atoms with E-state index < -0.39 is 0 Å². The molecule has 0 bridgehead atoms. The standard InChI is InChI=1S/C14H23ClN4O/c1-4-19(5-2)8-6-7-17-14(20)11-9-13(16-3)18-10-12(11)15/h9-10H,4-8H2,1-3H3,(H,16,18)(H,17,20). The zero-order chi connectivity index (χ0) is 15.0. The Morgan fingerprint density at radius 1 is 1.40 bits per heavy atom. The van der Waals surface area contributed by atoms with E-state index in [1.807, 2.05) is 0 Å². The van der Waals surface area contributed by atoms with Gasteiger partial charge < -0.3 is 15.5 Å². The van der Waals surface area contributed by atoms with Crippen molar-refractivity contribution in [3.63, 3.8) is 0 Å². The van der Waals surface area contributed by atoms with E-state index in [-0.39, 0.29) is 5.91 Å². The highest BCUT2D eigenvalue weighted by molar-refractivity contribution is 6.33. The van der Waals surface area contributed by atoms with Crippen molar-refractivity contribution in [2.75, 3.05) is 38.5 Å². The van der Waals surface area contributed by atoms with E-state index in [0.717, 1.165) is 26.1 Å². The fraction of sp³-hybridized carbons (Fsp3) is 0.571. The molecule has 0 spiro atoms. The highest BCUT2D eigenvalue weighted by atomic mass is 35.5. The third-order valence-electron chi connectivity index (χ3n) is 3.19. The molecule has 1 rings (SSSR count). The molecule has 0 radical (unpaired) electrons. The molecule has 0 aliphatic rings. The van der Waals surface area contributed by atoms with Crippen molar-refractivity contribution in [2.45, 2.75) is 20.3 Å². The van der Waals surface area contributed by atoms with Gasteiger partial charge >= 0.3 is 0 Å². The Kier molecular flexibility index (Phi) is 7.33. The van der Waals surface area contributed by atoms with Gasteiger partial charge in [0.1, 0.15) is 5.82 Å². The van der Waals surface area contributed by atoms with Gasteiger partial charge in [0.25, 0.3) is 5.91 Å². The van der Waals surface area contributed by atoms with Crippen molar-refractivity contribution >= 4 is 23.3 Å². The van der Waals surface area contributed by atoms with E-state index in [1.54, 1.807) is 13.1 Å². The molecule has 0 aliphatic heterocycles. The predicted octanol–water partition coefficient (Wildman–Crippen LogP) is 2.24. The number of halogens is 1. The Labute approximate surface area is 125 Å². The Morgan fingerprint density at radius 3 is 2.70 bits per heavy atom. The lowest BCUT2D eigenvalue weighted by molar-refractivity contribution is 0.0952. The number of amides is 1. The van der Waals surface area contributed by atoms with Crippen LogP contribution in [0, 0.1) is 0 Å². The fourth-order valence-electron chi connectivity index (χ4n) is 1.89. The normalized spacial score (nSPS) is 10.7. The molecule has 1 aromatic heterocycles. The number of carbonyl (C=O) groups is 1. The molecule has 112 valence electrons. The molecule has 0 fully saturated rings. The third-order valence-corrected chi connectivity index (χ3v) is 3.49. The van der Waals surface area contributed by atoms with Crippen molar-refractivity contribution in [1.29, 1.82) is 0 Å². The lowest BCUT2D eigenvalue weighted by Crippen LogP contribution is -2.30. The zero-order valence-corrected chi connectivity index (χ0v) is 13.1. The van der Waals surface area contributed by atoms with Crippen LogP contribution in [-0.2, 0) is 0 Å². The predicted molar refractivity (Wildman–Crippen MR) is 83.5 cm³/mol. The summed E-state index contributed by atoms with van der Waals surface area (Å²) in [6.45, 7) is 7.97. The lowest BCUT2D eigenvalue weighted by atomic mass is 10.2. The molecule has 0 saturated heterocycles. The molecule has 2 N–H and O–H groups in total. The summed E-state index contributed by atoms with van der Waals surface area (Å²) in [7, 11) is 1.75. The highest BCUT2D eigenvalue weighted by Crippen LogP contribution is 2.17. The number of rotatable bonds is 8. The van der Waals surface area contributed by atoms with Crippen molar-refractivity contribution in [2.24, 2.45) is 0 Å². The van der Waals surface area contributed by atoms with Crippen LogP contribution in [0.15, 0.2) is 12.3 Å². The first-order chi connectivity index (χ1) is 9.62. The van der Waals surface area contributed by atoms with Crippen molar-refractivity contribution in [3.8, 4) is 0 Å². The lowest BCUT2D eigenvalue weighted by Gasteiger charge is -2.17. The second-order valence-electron chi connectivity index (χ2n) is 4.44. The smallest absolute Gasteiger partial charge is 0.252 e. The SMILES string of the molecule is CCN(CC)CCCNC(=O)c1cc(NC)ncc1Cl. The number of carbonyl (C=O) groups excluding carboxylic acids is 1. The van der Waals surface area contributed by atoms with E-state index in [0.29, 0.717) is 22.9 Å². The minimum atomic E-state index is -0.159. The second-order valence-corrected chi connectivity index (χ2v) is 4.84. The molecule has 0 unspecified atom stereocenters. The summed E-state index contributed by atoms with van der Waals surface area (Å²) in [5.74, 6) is 0.469. The van der Waals surface area contributed by atoms with Crippen molar-refractivity contribution in [1.82, 2.24) is 15.2 Å². The zero-order valence-electron chi connectivity index (χ0n) is 12.4. The summed E-state index contributed by atoms with van der Waals surface area (Å²) in [5, 5.41) is 6.15. The summed E-state index contributed by atoms with van der Waals surface area (Å²) in [5.41, 5.74) is 0.453. The number of hydrogen-bond donors (Lipinski definition) is 2. The Bertz CT molecular complexity index is 435. The van der Waals surface area contributed by atoms with Crippen molar-refractivity contribution in [3.05, 3.63) is 22.8 Å². The van der Waals surface area contributed by atoms with Crippen LogP contribution in [-0.4, -0.2) is 49.0 Å². The van der Waals surface area contributed by atoms with Gasteiger partial charge in [0.2, 0.25) is 0 Å². The molecule has 6 heteroatoms. The van der Waals surface area contributed by atoms with Crippen LogP contribution in [0.5, 0.6) is 0 Å². The molecular weight excluding hydrogens is 276 g/mol. The first-order valence-corrected chi connectivity index (χ1v) is 7.34. The Balaban J connectivity index is 2.47. The van der Waals surface area contributed by atoms with Gasteiger partial charge in [-0.3, -0.25) is 4.79 Å². The van der Waals surface area contributed by atoms with Crippen LogP contribution in [0.3, 0.4) is 0 Å². The number of nitrogens with one attached hydrogen (secondary N) is 2. The van der Waals surface area contributed by atoms with Gasteiger partial charge in [0.15, 0.2) is 0 Å². The van der Waals surface area contributed by atoms with Gasteiger partial charge in [-0.05, 0) is 32.1 Å². The molecular formula is C14H23ClN4O. The summed E-state index contributed by atoms with van der Waals surface area (Å²) < 4.78 is 0. The molecule has 0 aromatic carbocycles. The van der Waals surface area contributed by atoms with Crippen LogP contribution in [0.25, 0.3) is 0 Å². The quantitative estimate of drug-likeness (QED) is 0.723. The maximum Gasteiger partial charge on any atom is 0.252 e. The first-order valence-electron chi connectivity index (χ1n) is 6.96. The van der Waals surface area contributed by atoms with E-state index in [1.165, 1.54) is 6.20 Å². The Hall–Kier alpha value is -1.33. The molecule has 0 aliphatic carbocycles.